The van der Waals surface area contributed by atoms with Gasteiger partial charge in [-0.25, -0.2) is 0 Å². The molecule has 130 valence electrons. The normalized spacial score (nSPS) is 12.0. The highest BCUT2D eigenvalue weighted by Crippen LogP contribution is 2.25. The zero-order valence-electron chi connectivity index (χ0n) is 14.0. The average molecular weight is 343 g/mol. The molecule has 0 aliphatic rings. The number of hydrogen-bond donors (Lipinski definition) is 2. The second-order valence-electron chi connectivity index (χ2n) is 5.39. The van der Waals surface area contributed by atoms with Crippen molar-refractivity contribution in [1.29, 1.82) is 0 Å². The third kappa shape index (κ3) is 5.22. The number of amides is 1. The van der Waals surface area contributed by atoms with Gasteiger partial charge in [-0.1, -0.05) is 44.2 Å². The van der Waals surface area contributed by atoms with Crippen molar-refractivity contribution in [2.45, 2.75) is 32.6 Å². The first-order valence-electron chi connectivity index (χ1n) is 7.65. The van der Waals surface area contributed by atoms with Crippen molar-refractivity contribution in [3.63, 3.8) is 0 Å². The maximum absolute atomic E-state index is 12.5. The maximum atomic E-state index is 12.5. The third-order valence-electron chi connectivity index (χ3n) is 4.38. The lowest BCUT2D eigenvalue weighted by molar-refractivity contribution is -0.142. The summed E-state index contributed by atoms with van der Waals surface area (Å²) < 4.78 is 4.85. The van der Waals surface area contributed by atoms with Crippen molar-refractivity contribution in [3.05, 3.63) is 35.9 Å². The molecular weight excluding hydrogens is 316 g/mol. The number of esters is 1. The van der Waals surface area contributed by atoms with Crippen molar-refractivity contribution < 1.29 is 14.3 Å². The summed E-state index contributed by atoms with van der Waals surface area (Å²) in [6.07, 6.45) is 1.33. The Morgan fingerprint density at radius 3 is 2.22 bits per heavy atom. The fraction of sp³-hybridized carbons (Fsp3) is 0.529. The number of ether oxygens (including phenoxy) is 1. The number of hydrogen-bond acceptors (Lipinski definition) is 4. The number of benzene rings is 1. The minimum atomic E-state index is -0.572. The highest BCUT2D eigenvalue weighted by molar-refractivity contribution is 5.85. The molecule has 0 spiro atoms. The van der Waals surface area contributed by atoms with Gasteiger partial charge in [-0.2, -0.15) is 0 Å². The lowest BCUT2D eigenvalue weighted by atomic mass is 9.81. The van der Waals surface area contributed by atoms with E-state index in [2.05, 4.69) is 5.32 Å². The molecule has 0 saturated heterocycles. The van der Waals surface area contributed by atoms with Crippen LogP contribution in [0, 0.1) is 5.41 Å². The zero-order valence-corrected chi connectivity index (χ0v) is 14.8. The summed E-state index contributed by atoms with van der Waals surface area (Å²) in [7, 11) is 1.35. The molecule has 0 aliphatic carbocycles. The second kappa shape index (κ2) is 10.2. The van der Waals surface area contributed by atoms with Gasteiger partial charge in [0.1, 0.15) is 0 Å². The molecule has 3 N–H and O–H groups in total. The quantitative estimate of drug-likeness (QED) is 0.710. The molecule has 0 saturated carbocycles. The number of nitrogens with two attached hydrogens (primary N) is 1. The predicted molar refractivity (Wildman–Crippen MR) is 93.5 cm³/mol. The number of halogens is 1. The fourth-order valence-corrected chi connectivity index (χ4v) is 2.50. The van der Waals surface area contributed by atoms with Gasteiger partial charge in [0.05, 0.1) is 18.4 Å². The van der Waals surface area contributed by atoms with Crippen molar-refractivity contribution in [3.8, 4) is 0 Å². The van der Waals surface area contributed by atoms with E-state index in [4.69, 9.17) is 10.5 Å². The van der Waals surface area contributed by atoms with Gasteiger partial charge in [0.15, 0.2) is 0 Å². The van der Waals surface area contributed by atoms with Gasteiger partial charge in [-0.05, 0) is 18.4 Å². The maximum Gasteiger partial charge on any atom is 0.314 e. The molecule has 1 unspecified atom stereocenters. The Morgan fingerprint density at radius 1 is 1.22 bits per heavy atom. The highest BCUT2D eigenvalue weighted by Gasteiger charge is 2.34. The molecule has 1 aromatic rings. The van der Waals surface area contributed by atoms with Crippen LogP contribution < -0.4 is 11.1 Å². The van der Waals surface area contributed by atoms with E-state index in [0.717, 1.165) is 5.56 Å². The van der Waals surface area contributed by atoms with Crippen LogP contribution in [0.2, 0.25) is 0 Å². The predicted octanol–water partition coefficient (Wildman–Crippen LogP) is 2.25. The van der Waals surface area contributed by atoms with Crippen LogP contribution in [-0.4, -0.2) is 32.1 Å². The molecule has 1 amide bonds. The van der Waals surface area contributed by atoms with Crippen LogP contribution in [0.15, 0.2) is 30.3 Å². The van der Waals surface area contributed by atoms with E-state index in [1.807, 2.05) is 44.2 Å². The van der Waals surface area contributed by atoms with E-state index in [-0.39, 0.29) is 30.8 Å². The van der Waals surface area contributed by atoms with E-state index in [1.165, 1.54) is 7.11 Å². The van der Waals surface area contributed by atoms with Crippen LogP contribution >= 0.6 is 12.4 Å². The molecule has 1 aromatic carbocycles. The SMILES string of the molecule is CCC(CC)(CN)C(=O)NCC(C(=O)OC)c1ccccc1.Cl. The second-order valence-corrected chi connectivity index (χ2v) is 5.39. The average Bonchev–Trinajstić information content (AvgIpc) is 2.57. The van der Waals surface area contributed by atoms with Crippen molar-refractivity contribution in [2.24, 2.45) is 11.1 Å². The molecule has 5 nitrogen and oxygen atoms in total. The third-order valence-corrected chi connectivity index (χ3v) is 4.38. The van der Waals surface area contributed by atoms with Gasteiger partial charge in [0.2, 0.25) is 5.91 Å². The summed E-state index contributed by atoms with van der Waals surface area (Å²) in [5, 5.41) is 2.87. The molecule has 0 fully saturated rings. The highest BCUT2D eigenvalue weighted by atomic mass is 35.5. The summed E-state index contributed by atoms with van der Waals surface area (Å²) in [4.78, 5) is 24.4. The first-order chi connectivity index (χ1) is 10.5. The molecule has 23 heavy (non-hydrogen) atoms. The molecule has 0 aromatic heterocycles. The zero-order chi connectivity index (χ0) is 16.6. The van der Waals surface area contributed by atoms with Gasteiger partial charge in [0, 0.05) is 13.1 Å². The first-order valence-corrected chi connectivity index (χ1v) is 7.65. The van der Waals surface area contributed by atoms with Gasteiger partial charge in [-0.15, -0.1) is 12.4 Å². The Morgan fingerprint density at radius 2 is 1.78 bits per heavy atom. The van der Waals surface area contributed by atoms with E-state index in [9.17, 15) is 9.59 Å². The molecule has 6 heteroatoms. The van der Waals surface area contributed by atoms with Gasteiger partial charge < -0.3 is 15.8 Å². The number of carbonyl (C=O) groups is 2. The van der Waals surface area contributed by atoms with Crippen LogP contribution in [0.5, 0.6) is 0 Å². The van der Waals surface area contributed by atoms with Crippen LogP contribution in [0.3, 0.4) is 0 Å². The largest absolute Gasteiger partial charge is 0.468 e. The molecule has 0 bridgehead atoms. The minimum Gasteiger partial charge on any atom is -0.468 e. The Hall–Kier alpha value is -1.59. The molecular formula is C17H27ClN2O3. The van der Waals surface area contributed by atoms with E-state index in [1.54, 1.807) is 0 Å². The monoisotopic (exact) mass is 342 g/mol. The van der Waals surface area contributed by atoms with Gasteiger partial charge in [-0.3, -0.25) is 9.59 Å². The summed E-state index contributed by atoms with van der Waals surface area (Å²) in [5.74, 6) is -0.984. The van der Waals surface area contributed by atoms with E-state index < -0.39 is 11.3 Å². The summed E-state index contributed by atoms with van der Waals surface area (Å²) in [5.41, 5.74) is 6.03. The molecule has 0 heterocycles. The Balaban J connectivity index is 0.00000484. The number of carbonyl (C=O) groups excluding carboxylic acids is 2. The van der Waals surface area contributed by atoms with Crippen LogP contribution in [0.4, 0.5) is 0 Å². The van der Waals surface area contributed by atoms with E-state index >= 15 is 0 Å². The summed E-state index contributed by atoms with van der Waals surface area (Å²) in [6, 6.07) is 9.29. The topological polar surface area (TPSA) is 81.4 Å². The van der Waals surface area contributed by atoms with Crippen LogP contribution in [-0.2, 0) is 14.3 Å². The van der Waals surface area contributed by atoms with Crippen LogP contribution in [0.25, 0.3) is 0 Å². The van der Waals surface area contributed by atoms with Crippen molar-refractivity contribution in [1.82, 2.24) is 5.32 Å². The van der Waals surface area contributed by atoms with Gasteiger partial charge in [0.25, 0.3) is 0 Å². The van der Waals surface area contributed by atoms with E-state index in [0.29, 0.717) is 19.4 Å². The number of nitrogens with one attached hydrogen (secondary N) is 1. The smallest absolute Gasteiger partial charge is 0.314 e. The lowest BCUT2D eigenvalue weighted by Crippen LogP contribution is -2.46. The Kier molecular flexibility index (Phi) is 9.53. The summed E-state index contributed by atoms with van der Waals surface area (Å²) >= 11 is 0. The molecule has 0 aliphatic heterocycles. The van der Waals surface area contributed by atoms with Gasteiger partial charge >= 0.3 is 5.97 Å². The number of methoxy groups -OCH3 is 1. The minimum absolute atomic E-state index is 0. The Bertz CT molecular complexity index is 482. The molecule has 1 atom stereocenters. The molecule has 0 radical (unpaired) electrons. The number of rotatable bonds is 8. The van der Waals surface area contributed by atoms with Crippen LogP contribution in [0.1, 0.15) is 38.2 Å². The van der Waals surface area contributed by atoms with Crippen molar-refractivity contribution >= 4 is 24.3 Å². The summed E-state index contributed by atoms with van der Waals surface area (Å²) in [6.45, 7) is 4.40. The fourth-order valence-electron chi connectivity index (χ4n) is 2.50. The van der Waals surface area contributed by atoms with Crippen molar-refractivity contribution in [2.75, 3.05) is 20.2 Å². The lowest BCUT2D eigenvalue weighted by Gasteiger charge is -2.29. The standard InChI is InChI=1S/C17H26N2O3.ClH/c1-4-17(5-2,12-18)16(21)19-11-14(15(20)22-3)13-9-7-6-8-10-13;/h6-10,14H,4-5,11-12,18H2,1-3H3,(H,19,21);1H. The Labute approximate surface area is 144 Å². The first kappa shape index (κ1) is 21.4. The molecule has 1 rings (SSSR count).